The second kappa shape index (κ2) is 3.56. The Labute approximate surface area is 97.7 Å². The summed E-state index contributed by atoms with van der Waals surface area (Å²) in [5.41, 5.74) is 2.76. The predicted molar refractivity (Wildman–Crippen MR) is 64.4 cm³/mol. The van der Waals surface area contributed by atoms with Gasteiger partial charge in [0.05, 0.1) is 16.7 Å². The van der Waals surface area contributed by atoms with Crippen LogP contribution in [0.4, 0.5) is 4.39 Å². The van der Waals surface area contributed by atoms with Crippen LogP contribution in [0.1, 0.15) is 5.69 Å². The molecule has 0 fully saturated rings. The number of aromatic nitrogens is 3. The number of nitrogens with zero attached hydrogens (tertiary/aromatic N) is 3. The third-order valence-corrected chi connectivity index (χ3v) is 3.00. The fourth-order valence-corrected chi connectivity index (χ4v) is 2.13. The zero-order chi connectivity index (χ0) is 12.0. The molecule has 0 radical (unpaired) electrons. The monoisotopic (exact) mass is 232 g/mol. The Bertz CT molecular complexity index is 695. The summed E-state index contributed by atoms with van der Waals surface area (Å²) in [6.45, 7) is 0.780. The van der Waals surface area contributed by atoms with E-state index < -0.39 is 0 Å². The summed E-state index contributed by atoms with van der Waals surface area (Å²) in [5.74, 6) is 0.576. The lowest BCUT2D eigenvalue weighted by atomic mass is 10.3. The van der Waals surface area contributed by atoms with Crippen molar-refractivity contribution in [2.24, 2.45) is 7.05 Å². The number of benzene rings is 1. The minimum absolute atomic E-state index is 0.253. The molecule has 0 amide bonds. The number of nitrogens with one attached hydrogen (secondary N) is 1. The molecule has 2 aromatic heterocycles. The van der Waals surface area contributed by atoms with Gasteiger partial charge in [-0.15, -0.1) is 0 Å². The van der Waals surface area contributed by atoms with Gasteiger partial charge in [0.25, 0.3) is 0 Å². The minimum atomic E-state index is -0.253. The van der Waals surface area contributed by atoms with E-state index in [0.29, 0.717) is 5.52 Å². The summed E-state index contributed by atoms with van der Waals surface area (Å²) in [6.07, 6.45) is 2.03. The van der Waals surface area contributed by atoms with Crippen LogP contribution in [0.15, 0.2) is 24.4 Å². The zero-order valence-corrected chi connectivity index (χ0v) is 9.74. The van der Waals surface area contributed by atoms with Crippen molar-refractivity contribution in [1.29, 1.82) is 0 Å². The average molecular weight is 232 g/mol. The molecule has 3 aromatic rings. The van der Waals surface area contributed by atoms with Crippen LogP contribution in [0.3, 0.4) is 0 Å². The number of hydrogen-bond donors (Lipinski definition) is 1. The Morgan fingerprint density at radius 1 is 1.41 bits per heavy atom. The number of imidazole rings is 2. The average Bonchev–Trinajstić information content (AvgIpc) is 2.78. The van der Waals surface area contributed by atoms with Gasteiger partial charge in [-0.25, -0.2) is 9.37 Å². The molecular formula is C12H13FN4. The summed E-state index contributed by atoms with van der Waals surface area (Å²) in [6, 6.07) is 4.68. The van der Waals surface area contributed by atoms with Crippen LogP contribution in [-0.2, 0) is 13.6 Å². The van der Waals surface area contributed by atoms with Gasteiger partial charge in [0, 0.05) is 25.9 Å². The predicted octanol–water partition coefficient (Wildman–Crippen LogP) is 1.68. The summed E-state index contributed by atoms with van der Waals surface area (Å²) < 4.78 is 17.1. The summed E-state index contributed by atoms with van der Waals surface area (Å²) in [5, 5.41) is 3.11. The Hall–Kier alpha value is -1.88. The molecule has 0 saturated heterocycles. The van der Waals surface area contributed by atoms with Crippen molar-refractivity contribution >= 4 is 16.8 Å². The van der Waals surface area contributed by atoms with Gasteiger partial charge in [0.2, 0.25) is 5.78 Å². The first-order valence-electron chi connectivity index (χ1n) is 5.47. The van der Waals surface area contributed by atoms with Gasteiger partial charge in [-0.1, -0.05) is 0 Å². The van der Waals surface area contributed by atoms with Gasteiger partial charge < -0.3 is 9.88 Å². The molecule has 5 heteroatoms. The van der Waals surface area contributed by atoms with Crippen molar-refractivity contribution in [3.63, 3.8) is 0 Å². The number of aryl methyl sites for hydroxylation is 1. The molecule has 0 aliphatic carbocycles. The van der Waals surface area contributed by atoms with E-state index in [1.54, 1.807) is 6.07 Å². The highest BCUT2D eigenvalue weighted by Crippen LogP contribution is 2.19. The van der Waals surface area contributed by atoms with E-state index in [1.807, 2.05) is 29.3 Å². The Balaban J connectivity index is 2.33. The number of halogens is 1. The van der Waals surface area contributed by atoms with Crippen LogP contribution in [0.25, 0.3) is 16.8 Å². The van der Waals surface area contributed by atoms with Gasteiger partial charge in [-0.05, 0) is 19.2 Å². The highest BCUT2D eigenvalue weighted by atomic mass is 19.1. The van der Waals surface area contributed by atoms with Gasteiger partial charge >= 0.3 is 0 Å². The summed E-state index contributed by atoms with van der Waals surface area (Å²) in [4.78, 5) is 4.44. The molecule has 0 unspecified atom stereocenters. The molecule has 1 aromatic carbocycles. The molecule has 17 heavy (non-hydrogen) atoms. The zero-order valence-electron chi connectivity index (χ0n) is 9.74. The Morgan fingerprint density at radius 3 is 3.00 bits per heavy atom. The lowest BCUT2D eigenvalue weighted by Gasteiger charge is -1.99. The standard InChI is InChI=1S/C12H13FN4/c1-14-6-9-7-17-11-4-3-8(13)5-10(11)15-12(17)16(9)2/h3-5,7,14H,6H2,1-2H3. The molecule has 0 spiro atoms. The van der Waals surface area contributed by atoms with Crippen LogP contribution >= 0.6 is 0 Å². The van der Waals surface area contributed by atoms with E-state index in [0.717, 1.165) is 23.5 Å². The van der Waals surface area contributed by atoms with Crippen LogP contribution in [0.5, 0.6) is 0 Å². The molecule has 0 bridgehead atoms. The Morgan fingerprint density at radius 2 is 2.24 bits per heavy atom. The summed E-state index contributed by atoms with van der Waals surface area (Å²) >= 11 is 0. The molecule has 1 N–H and O–H groups in total. The highest BCUT2D eigenvalue weighted by molar-refractivity contribution is 5.79. The second-order valence-corrected chi connectivity index (χ2v) is 4.12. The van der Waals surface area contributed by atoms with Crippen molar-refractivity contribution in [3.05, 3.63) is 35.9 Å². The topological polar surface area (TPSA) is 34.3 Å². The van der Waals surface area contributed by atoms with E-state index in [2.05, 4.69) is 10.3 Å². The summed E-state index contributed by atoms with van der Waals surface area (Å²) in [7, 11) is 3.87. The first kappa shape index (κ1) is 10.3. The van der Waals surface area contributed by atoms with Gasteiger partial charge in [-0.3, -0.25) is 4.40 Å². The number of rotatable bonds is 2. The maximum Gasteiger partial charge on any atom is 0.214 e. The second-order valence-electron chi connectivity index (χ2n) is 4.12. The molecule has 88 valence electrons. The fraction of sp³-hybridized carbons (Fsp3) is 0.250. The lowest BCUT2D eigenvalue weighted by Crippen LogP contribution is -2.08. The quantitative estimate of drug-likeness (QED) is 0.729. The van der Waals surface area contributed by atoms with Crippen molar-refractivity contribution in [2.75, 3.05) is 7.05 Å². The fourth-order valence-electron chi connectivity index (χ4n) is 2.13. The van der Waals surface area contributed by atoms with Crippen LogP contribution in [0, 0.1) is 5.82 Å². The molecule has 0 saturated carbocycles. The number of fused-ring (bicyclic) bond motifs is 3. The maximum absolute atomic E-state index is 13.1. The van der Waals surface area contributed by atoms with Crippen LogP contribution < -0.4 is 5.32 Å². The van der Waals surface area contributed by atoms with E-state index >= 15 is 0 Å². The molecule has 3 rings (SSSR count). The lowest BCUT2D eigenvalue weighted by molar-refractivity contribution is 0.629. The van der Waals surface area contributed by atoms with Crippen LogP contribution in [0.2, 0.25) is 0 Å². The van der Waals surface area contributed by atoms with Gasteiger partial charge in [-0.2, -0.15) is 0 Å². The van der Waals surface area contributed by atoms with Gasteiger partial charge in [0.1, 0.15) is 5.82 Å². The molecule has 4 nitrogen and oxygen atoms in total. The molecule has 2 heterocycles. The van der Waals surface area contributed by atoms with E-state index in [1.165, 1.54) is 12.1 Å². The third-order valence-electron chi connectivity index (χ3n) is 3.00. The van der Waals surface area contributed by atoms with Gasteiger partial charge in [0.15, 0.2) is 0 Å². The van der Waals surface area contributed by atoms with Crippen molar-refractivity contribution < 1.29 is 4.39 Å². The van der Waals surface area contributed by atoms with Crippen LogP contribution in [-0.4, -0.2) is 21.0 Å². The first-order chi connectivity index (χ1) is 8.20. The molecule has 0 aliphatic heterocycles. The van der Waals surface area contributed by atoms with E-state index in [4.69, 9.17) is 0 Å². The van der Waals surface area contributed by atoms with E-state index in [9.17, 15) is 4.39 Å². The largest absolute Gasteiger partial charge is 0.316 e. The SMILES string of the molecule is CNCc1cn2c3ccc(F)cc3nc2n1C. The maximum atomic E-state index is 13.1. The highest BCUT2D eigenvalue weighted by Gasteiger charge is 2.11. The van der Waals surface area contributed by atoms with Crippen molar-refractivity contribution in [1.82, 2.24) is 19.3 Å². The number of hydrogen-bond acceptors (Lipinski definition) is 2. The first-order valence-corrected chi connectivity index (χ1v) is 5.47. The van der Waals surface area contributed by atoms with Crippen molar-refractivity contribution in [3.8, 4) is 0 Å². The normalized spacial score (nSPS) is 11.7. The van der Waals surface area contributed by atoms with E-state index in [-0.39, 0.29) is 5.82 Å². The van der Waals surface area contributed by atoms with Crippen molar-refractivity contribution in [2.45, 2.75) is 6.54 Å². The Kier molecular flexibility index (Phi) is 2.16. The molecule has 0 atom stereocenters. The molecule has 0 aliphatic rings. The third kappa shape index (κ3) is 1.43. The smallest absolute Gasteiger partial charge is 0.214 e. The molecular weight excluding hydrogens is 219 g/mol. The minimum Gasteiger partial charge on any atom is -0.316 e.